The van der Waals surface area contributed by atoms with Crippen molar-refractivity contribution in [1.29, 1.82) is 0 Å². The zero-order valence-electron chi connectivity index (χ0n) is 11.0. The summed E-state index contributed by atoms with van der Waals surface area (Å²) in [5, 5.41) is 4.99. The number of sulfone groups is 1. The summed E-state index contributed by atoms with van der Waals surface area (Å²) in [6.07, 6.45) is 2.75. The summed E-state index contributed by atoms with van der Waals surface area (Å²) in [5.41, 5.74) is 4.28. The van der Waals surface area contributed by atoms with Crippen molar-refractivity contribution in [3.05, 3.63) is 58.1 Å². The van der Waals surface area contributed by atoms with Crippen LogP contribution in [0.4, 0.5) is 5.69 Å². The van der Waals surface area contributed by atoms with Gasteiger partial charge in [0.05, 0.1) is 26.8 Å². The van der Waals surface area contributed by atoms with Crippen LogP contribution in [0.25, 0.3) is 0 Å². The van der Waals surface area contributed by atoms with E-state index in [0.29, 0.717) is 15.7 Å². The molecule has 0 radical (unpaired) electrons. The first-order chi connectivity index (χ1) is 9.86. The molecule has 0 saturated carbocycles. The molecular weight excluding hydrogens is 331 g/mol. The Morgan fingerprint density at radius 1 is 1.05 bits per heavy atom. The fraction of sp³-hybridized carbons (Fsp3) is 0.0714. The number of hydrogen-bond donors (Lipinski definition) is 1. The summed E-state index contributed by atoms with van der Waals surface area (Å²) >= 11 is 11.7. The van der Waals surface area contributed by atoms with E-state index in [1.807, 2.05) is 0 Å². The predicted octanol–water partition coefficient (Wildman–Crippen LogP) is 3.84. The summed E-state index contributed by atoms with van der Waals surface area (Å²) in [6.45, 7) is 0. The van der Waals surface area contributed by atoms with Gasteiger partial charge in [-0.05, 0) is 42.0 Å². The summed E-state index contributed by atoms with van der Waals surface area (Å²) in [6, 6.07) is 11.5. The van der Waals surface area contributed by atoms with Gasteiger partial charge >= 0.3 is 0 Å². The molecule has 0 saturated heterocycles. The van der Waals surface area contributed by atoms with Gasteiger partial charge in [0.25, 0.3) is 0 Å². The van der Waals surface area contributed by atoms with E-state index >= 15 is 0 Å². The third kappa shape index (κ3) is 4.46. The Morgan fingerprint density at radius 2 is 1.71 bits per heavy atom. The number of nitrogens with one attached hydrogen (secondary N) is 1. The minimum Gasteiger partial charge on any atom is -0.279 e. The topological polar surface area (TPSA) is 58.5 Å². The van der Waals surface area contributed by atoms with E-state index in [2.05, 4.69) is 10.5 Å². The number of halogens is 2. The first-order valence-corrected chi connectivity index (χ1v) is 8.55. The van der Waals surface area contributed by atoms with Crippen molar-refractivity contribution in [2.75, 3.05) is 11.7 Å². The highest BCUT2D eigenvalue weighted by molar-refractivity contribution is 7.90. The van der Waals surface area contributed by atoms with Crippen LogP contribution in [0.5, 0.6) is 0 Å². The Balaban J connectivity index is 2.05. The molecule has 2 aromatic rings. The maximum atomic E-state index is 11.3. The van der Waals surface area contributed by atoms with E-state index in [1.165, 1.54) is 12.1 Å². The van der Waals surface area contributed by atoms with Gasteiger partial charge in [-0.2, -0.15) is 5.10 Å². The van der Waals surface area contributed by atoms with Crippen LogP contribution in [0.2, 0.25) is 10.0 Å². The predicted molar refractivity (Wildman–Crippen MR) is 87.2 cm³/mol. The third-order valence-corrected chi connectivity index (χ3v) is 4.50. The van der Waals surface area contributed by atoms with Crippen LogP contribution in [0.3, 0.4) is 0 Å². The lowest BCUT2D eigenvalue weighted by Gasteiger charge is -2.02. The molecule has 2 rings (SSSR count). The molecule has 110 valence electrons. The average molecular weight is 343 g/mol. The number of benzene rings is 2. The van der Waals surface area contributed by atoms with E-state index in [-0.39, 0.29) is 4.90 Å². The molecule has 7 heteroatoms. The molecule has 0 spiro atoms. The van der Waals surface area contributed by atoms with Gasteiger partial charge in [0.1, 0.15) is 0 Å². The van der Waals surface area contributed by atoms with Crippen LogP contribution >= 0.6 is 23.2 Å². The Kier molecular flexibility index (Phi) is 4.88. The second-order valence-corrected chi connectivity index (χ2v) is 7.17. The molecule has 0 aliphatic heterocycles. The molecular formula is C14H12Cl2N2O2S. The van der Waals surface area contributed by atoms with Crippen molar-refractivity contribution in [3.63, 3.8) is 0 Å². The van der Waals surface area contributed by atoms with E-state index in [0.717, 1.165) is 11.8 Å². The first kappa shape index (κ1) is 15.8. The Labute approximate surface area is 133 Å². The van der Waals surface area contributed by atoms with Gasteiger partial charge in [0.15, 0.2) is 9.84 Å². The SMILES string of the molecule is CS(=O)(=O)c1ccc(N/N=C\c2ccc(Cl)c(Cl)c2)cc1. The number of hydrazone groups is 1. The van der Waals surface area contributed by atoms with Crippen LogP contribution in [-0.2, 0) is 9.84 Å². The van der Waals surface area contributed by atoms with Crippen LogP contribution in [0.1, 0.15) is 5.56 Å². The summed E-state index contributed by atoms with van der Waals surface area (Å²) in [4.78, 5) is 0.265. The summed E-state index contributed by atoms with van der Waals surface area (Å²) in [7, 11) is -3.19. The maximum Gasteiger partial charge on any atom is 0.175 e. The number of anilines is 1. The highest BCUT2D eigenvalue weighted by Gasteiger charge is 2.05. The maximum absolute atomic E-state index is 11.3. The lowest BCUT2D eigenvalue weighted by atomic mass is 10.2. The van der Waals surface area contributed by atoms with E-state index in [1.54, 1.807) is 36.5 Å². The molecule has 0 fully saturated rings. The second-order valence-electron chi connectivity index (χ2n) is 4.34. The molecule has 21 heavy (non-hydrogen) atoms. The normalized spacial score (nSPS) is 11.8. The van der Waals surface area contributed by atoms with Gasteiger partial charge in [0.2, 0.25) is 0 Å². The van der Waals surface area contributed by atoms with Crippen molar-refractivity contribution in [2.24, 2.45) is 5.10 Å². The van der Waals surface area contributed by atoms with Gasteiger partial charge < -0.3 is 0 Å². The van der Waals surface area contributed by atoms with E-state index in [9.17, 15) is 8.42 Å². The standard InChI is InChI=1S/C14H12Cl2N2O2S/c1-21(19,20)12-5-3-11(4-6-12)18-17-9-10-2-7-13(15)14(16)8-10/h2-9,18H,1H3/b17-9-. The average Bonchev–Trinajstić information content (AvgIpc) is 2.42. The Morgan fingerprint density at radius 3 is 2.29 bits per heavy atom. The molecule has 0 aromatic heterocycles. The van der Waals surface area contributed by atoms with Gasteiger partial charge in [-0.15, -0.1) is 0 Å². The Bertz CT molecular complexity index is 772. The van der Waals surface area contributed by atoms with Gasteiger partial charge in [-0.1, -0.05) is 29.3 Å². The molecule has 2 aromatic carbocycles. The van der Waals surface area contributed by atoms with Gasteiger partial charge in [-0.3, -0.25) is 5.43 Å². The first-order valence-electron chi connectivity index (χ1n) is 5.90. The molecule has 0 amide bonds. The summed E-state index contributed by atoms with van der Waals surface area (Å²) < 4.78 is 22.7. The minimum absolute atomic E-state index is 0.265. The molecule has 0 aliphatic carbocycles. The minimum atomic E-state index is -3.19. The van der Waals surface area contributed by atoms with Crippen LogP contribution in [0.15, 0.2) is 52.5 Å². The van der Waals surface area contributed by atoms with Crippen molar-refractivity contribution in [2.45, 2.75) is 4.90 Å². The van der Waals surface area contributed by atoms with Gasteiger partial charge in [-0.25, -0.2) is 8.42 Å². The van der Waals surface area contributed by atoms with Crippen molar-refractivity contribution in [1.82, 2.24) is 0 Å². The zero-order valence-corrected chi connectivity index (χ0v) is 13.4. The largest absolute Gasteiger partial charge is 0.279 e. The van der Waals surface area contributed by atoms with Crippen LogP contribution in [-0.4, -0.2) is 20.9 Å². The molecule has 1 N–H and O–H groups in total. The lowest BCUT2D eigenvalue weighted by molar-refractivity contribution is 0.602. The molecule has 0 aliphatic rings. The third-order valence-electron chi connectivity index (χ3n) is 2.63. The van der Waals surface area contributed by atoms with Crippen molar-refractivity contribution >= 4 is 44.9 Å². The van der Waals surface area contributed by atoms with Crippen LogP contribution in [0, 0.1) is 0 Å². The highest BCUT2D eigenvalue weighted by atomic mass is 35.5. The molecule has 0 atom stereocenters. The van der Waals surface area contributed by atoms with Gasteiger partial charge in [0, 0.05) is 6.26 Å². The molecule has 0 heterocycles. The van der Waals surface area contributed by atoms with E-state index < -0.39 is 9.84 Å². The molecule has 0 bridgehead atoms. The summed E-state index contributed by atoms with van der Waals surface area (Å²) in [5.74, 6) is 0. The Hall–Kier alpha value is -1.56. The second kappa shape index (κ2) is 6.47. The molecule has 0 unspecified atom stereocenters. The molecule has 4 nitrogen and oxygen atoms in total. The fourth-order valence-electron chi connectivity index (χ4n) is 1.55. The number of nitrogens with zero attached hydrogens (tertiary/aromatic N) is 1. The quantitative estimate of drug-likeness (QED) is 0.678. The van der Waals surface area contributed by atoms with Crippen LogP contribution < -0.4 is 5.43 Å². The zero-order chi connectivity index (χ0) is 15.5. The number of hydrogen-bond acceptors (Lipinski definition) is 4. The van der Waals surface area contributed by atoms with Crippen molar-refractivity contribution in [3.8, 4) is 0 Å². The highest BCUT2D eigenvalue weighted by Crippen LogP contribution is 2.21. The smallest absolute Gasteiger partial charge is 0.175 e. The van der Waals surface area contributed by atoms with E-state index in [4.69, 9.17) is 23.2 Å². The fourth-order valence-corrected chi connectivity index (χ4v) is 2.49. The van der Waals surface area contributed by atoms with Crippen molar-refractivity contribution < 1.29 is 8.42 Å². The lowest BCUT2D eigenvalue weighted by Crippen LogP contribution is -1.97. The number of rotatable bonds is 4. The monoisotopic (exact) mass is 342 g/mol.